The normalized spacial score (nSPS) is 13.9. The van der Waals surface area contributed by atoms with Crippen molar-refractivity contribution < 1.29 is 24.3 Å². The number of nitrogens with two attached hydrogens (primary N) is 2. The zero-order chi connectivity index (χ0) is 23.1. The van der Waals surface area contributed by atoms with E-state index in [-0.39, 0.29) is 18.9 Å². The summed E-state index contributed by atoms with van der Waals surface area (Å²) in [5.41, 5.74) is 10.8. The van der Waals surface area contributed by atoms with Gasteiger partial charge in [0.15, 0.2) is 0 Å². The van der Waals surface area contributed by atoms with E-state index in [1.807, 2.05) is 20.1 Å². The van der Waals surface area contributed by atoms with Gasteiger partial charge < -0.3 is 32.5 Å². The van der Waals surface area contributed by atoms with Crippen molar-refractivity contribution in [2.24, 2.45) is 17.4 Å². The minimum atomic E-state index is -1.14. The predicted octanol–water partition coefficient (Wildman–Crippen LogP) is -0.588. The molecule has 0 saturated heterocycles. The lowest BCUT2D eigenvalue weighted by Gasteiger charge is -2.25. The molecule has 10 nitrogen and oxygen atoms in total. The lowest BCUT2D eigenvalue weighted by Crippen LogP contribution is -2.56. The second kappa shape index (κ2) is 15.9. The molecule has 0 aromatic rings. The Balaban J connectivity index is 5.24. The topological polar surface area (TPSA) is 177 Å². The Bertz CT molecular complexity index is 561. The molecule has 0 aromatic carbocycles. The number of rotatable bonds is 16. The second-order valence-electron chi connectivity index (χ2n) is 7.48. The van der Waals surface area contributed by atoms with Crippen molar-refractivity contribution in [1.82, 2.24) is 16.0 Å². The predicted molar refractivity (Wildman–Crippen MR) is 118 cm³/mol. The summed E-state index contributed by atoms with van der Waals surface area (Å²) in [7, 11) is 0. The Morgan fingerprint density at radius 1 is 0.900 bits per heavy atom. The van der Waals surface area contributed by atoms with Crippen LogP contribution in [-0.4, -0.2) is 72.0 Å². The fourth-order valence-electron chi connectivity index (χ4n) is 2.76. The first kappa shape index (κ1) is 28.1. The number of carbonyl (C=O) groups is 4. The van der Waals surface area contributed by atoms with E-state index in [0.29, 0.717) is 38.0 Å². The van der Waals surface area contributed by atoms with Crippen LogP contribution >= 0.6 is 11.8 Å². The summed E-state index contributed by atoms with van der Waals surface area (Å²) in [6, 6.07) is -2.80. The number of nitrogens with one attached hydrogen (secondary N) is 3. The molecule has 8 N–H and O–H groups in total. The van der Waals surface area contributed by atoms with Gasteiger partial charge in [-0.3, -0.25) is 14.4 Å². The number of aliphatic carboxylic acids is 1. The summed E-state index contributed by atoms with van der Waals surface area (Å²) in [5, 5.41) is 17.1. The van der Waals surface area contributed by atoms with Crippen molar-refractivity contribution in [3.63, 3.8) is 0 Å². The van der Waals surface area contributed by atoms with Gasteiger partial charge in [0.05, 0.1) is 6.54 Å². The Hall–Kier alpha value is -1.85. The zero-order valence-corrected chi connectivity index (χ0v) is 18.9. The summed E-state index contributed by atoms with van der Waals surface area (Å²) in [6.45, 7) is 3.98. The smallest absolute Gasteiger partial charge is 0.326 e. The largest absolute Gasteiger partial charge is 0.480 e. The highest BCUT2D eigenvalue weighted by molar-refractivity contribution is 7.98. The van der Waals surface area contributed by atoms with Crippen LogP contribution in [0.2, 0.25) is 0 Å². The molecule has 0 aromatic heterocycles. The number of carbonyl (C=O) groups excluding carboxylic acids is 3. The van der Waals surface area contributed by atoms with Gasteiger partial charge in [-0.05, 0) is 56.6 Å². The van der Waals surface area contributed by atoms with Gasteiger partial charge in [0.1, 0.15) is 18.1 Å². The summed E-state index contributed by atoms with van der Waals surface area (Å²) in [5.74, 6) is -1.96. The molecule has 174 valence electrons. The first-order valence-electron chi connectivity index (χ1n) is 10.2. The maximum absolute atomic E-state index is 12.8. The number of unbranched alkanes of at least 4 members (excludes halogenated alkanes) is 1. The molecule has 11 heteroatoms. The molecular weight excluding hydrogens is 410 g/mol. The van der Waals surface area contributed by atoms with Crippen LogP contribution < -0.4 is 27.4 Å². The highest BCUT2D eigenvalue weighted by atomic mass is 32.2. The van der Waals surface area contributed by atoms with Crippen LogP contribution in [-0.2, 0) is 19.2 Å². The standard InChI is InChI=1S/C19H37N5O5S/c1-12(2)10-15(18(27)23-14(19(28)29)6-4-5-8-20)24-17(26)13(7-9-30-3)22-16(25)11-21/h12-15H,4-11,20-21H2,1-3H3,(H,22,25)(H,23,27)(H,24,26)(H,28,29). The highest BCUT2D eigenvalue weighted by Crippen LogP contribution is 2.09. The molecule has 3 unspecified atom stereocenters. The third kappa shape index (κ3) is 12.0. The van der Waals surface area contributed by atoms with Gasteiger partial charge in [-0.25, -0.2) is 4.79 Å². The van der Waals surface area contributed by atoms with Gasteiger partial charge in [-0.15, -0.1) is 0 Å². The van der Waals surface area contributed by atoms with E-state index in [1.165, 1.54) is 11.8 Å². The number of carboxylic acid groups (broad SMARTS) is 1. The monoisotopic (exact) mass is 447 g/mol. The van der Waals surface area contributed by atoms with E-state index >= 15 is 0 Å². The number of amides is 3. The molecule has 0 aliphatic heterocycles. The fraction of sp³-hybridized carbons (Fsp3) is 0.789. The van der Waals surface area contributed by atoms with Gasteiger partial charge in [0.2, 0.25) is 17.7 Å². The Morgan fingerprint density at radius 2 is 1.50 bits per heavy atom. The van der Waals surface area contributed by atoms with E-state index < -0.39 is 41.8 Å². The minimum absolute atomic E-state index is 0.0739. The maximum atomic E-state index is 12.8. The van der Waals surface area contributed by atoms with Crippen LogP contribution in [0.4, 0.5) is 0 Å². The van der Waals surface area contributed by atoms with Crippen LogP contribution in [0, 0.1) is 5.92 Å². The van der Waals surface area contributed by atoms with Crippen molar-refractivity contribution in [3.8, 4) is 0 Å². The molecule has 0 rings (SSSR count). The van der Waals surface area contributed by atoms with Crippen molar-refractivity contribution in [2.45, 2.75) is 64.1 Å². The van der Waals surface area contributed by atoms with Crippen molar-refractivity contribution in [2.75, 3.05) is 25.1 Å². The summed E-state index contributed by atoms with van der Waals surface area (Å²) in [6.07, 6.45) is 4.06. The van der Waals surface area contributed by atoms with Gasteiger partial charge in [0, 0.05) is 0 Å². The average Bonchev–Trinajstić information content (AvgIpc) is 2.68. The van der Waals surface area contributed by atoms with Crippen LogP contribution in [0.3, 0.4) is 0 Å². The van der Waals surface area contributed by atoms with Gasteiger partial charge in [-0.1, -0.05) is 13.8 Å². The second-order valence-corrected chi connectivity index (χ2v) is 8.47. The van der Waals surface area contributed by atoms with Crippen molar-refractivity contribution in [1.29, 1.82) is 0 Å². The van der Waals surface area contributed by atoms with E-state index in [4.69, 9.17) is 11.5 Å². The zero-order valence-electron chi connectivity index (χ0n) is 18.1. The SMILES string of the molecule is CSCCC(NC(=O)CN)C(=O)NC(CC(C)C)C(=O)NC(CCCCN)C(=O)O. The van der Waals surface area contributed by atoms with E-state index in [1.54, 1.807) is 0 Å². The van der Waals surface area contributed by atoms with Crippen LogP contribution in [0.1, 0.15) is 46.0 Å². The fourth-order valence-corrected chi connectivity index (χ4v) is 3.23. The first-order valence-corrected chi connectivity index (χ1v) is 11.6. The number of carboxylic acids is 1. The third-order valence-corrected chi connectivity index (χ3v) is 4.99. The molecule has 0 heterocycles. The van der Waals surface area contributed by atoms with E-state index in [9.17, 15) is 24.3 Å². The Labute approximate surface area is 182 Å². The van der Waals surface area contributed by atoms with E-state index in [0.717, 1.165) is 0 Å². The number of thioether (sulfide) groups is 1. The van der Waals surface area contributed by atoms with Crippen LogP contribution in [0.15, 0.2) is 0 Å². The third-order valence-electron chi connectivity index (χ3n) is 4.35. The average molecular weight is 448 g/mol. The first-order chi connectivity index (χ1) is 14.2. The van der Waals surface area contributed by atoms with Gasteiger partial charge in [-0.2, -0.15) is 11.8 Å². The summed E-state index contributed by atoms with van der Waals surface area (Å²) in [4.78, 5) is 48.6. The van der Waals surface area contributed by atoms with Gasteiger partial charge >= 0.3 is 5.97 Å². The van der Waals surface area contributed by atoms with Crippen molar-refractivity contribution in [3.05, 3.63) is 0 Å². The van der Waals surface area contributed by atoms with Crippen molar-refractivity contribution >= 4 is 35.5 Å². The maximum Gasteiger partial charge on any atom is 0.326 e. The van der Waals surface area contributed by atoms with E-state index in [2.05, 4.69) is 16.0 Å². The summed E-state index contributed by atoms with van der Waals surface area (Å²) < 4.78 is 0. The number of hydrogen-bond donors (Lipinski definition) is 6. The highest BCUT2D eigenvalue weighted by Gasteiger charge is 2.29. The molecule has 0 aliphatic carbocycles. The quantitative estimate of drug-likeness (QED) is 0.170. The molecule has 0 radical (unpaired) electrons. The molecule has 0 saturated carbocycles. The minimum Gasteiger partial charge on any atom is -0.480 e. The molecule has 3 amide bonds. The summed E-state index contributed by atoms with van der Waals surface area (Å²) >= 11 is 1.52. The Kier molecular flexibility index (Phi) is 14.9. The molecular formula is C19H37N5O5S. The molecule has 0 fully saturated rings. The van der Waals surface area contributed by atoms with Gasteiger partial charge in [0.25, 0.3) is 0 Å². The van der Waals surface area contributed by atoms with Crippen LogP contribution in [0.25, 0.3) is 0 Å². The Morgan fingerprint density at radius 3 is 2.00 bits per heavy atom. The lowest BCUT2D eigenvalue weighted by molar-refractivity contribution is -0.142. The molecule has 30 heavy (non-hydrogen) atoms. The molecule has 0 bridgehead atoms. The molecule has 0 spiro atoms. The lowest BCUT2D eigenvalue weighted by atomic mass is 10.0. The molecule has 0 aliphatic rings. The van der Waals surface area contributed by atoms with Crippen LogP contribution in [0.5, 0.6) is 0 Å². The number of hydrogen-bond acceptors (Lipinski definition) is 7. The molecule has 3 atom stereocenters.